The maximum Gasteiger partial charge on any atom is 0.273 e. The van der Waals surface area contributed by atoms with Gasteiger partial charge in [-0.2, -0.15) is 0 Å². The fourth-order valence-electron chi connectivity index (χ4n) is 1.95. The summed E-state index contributed by atoms with van der Waals surface area (Å²) in [5, 5.41) is 0.289. The second-order valence-electron chi connectivity index (χ2n) is 4.22. The minimum atomic E-state index is -2.66. The van der Waals surface area contributed by atoms with Crippen LogP contribution in [0.25, 0.3) is 10.9 Å². The number of rotatable bonds is 3. The predicted molar refractivity (Wildman–Crippen MR) is 70.4 cm³/mol. The van der Waals surface area contributed by atoms with Crippen LogP contribution in [0.5, 0.6) is 0 Å². The van der Waals surface area contributed by atoms with Crippen molar-refractivity contribution in [2.24, 2.45) is 0 Å². The lowest BCUT2D eigenvalue weighted by molar-refractivity contribution is 0.101. The van der Waals surface area contributed by atoms with Crippen LogP contribution >= 0.6 is 0 Å². The fraction of sp³-hybridized carbons (Fsp3) is 0.0769. The van der Waals surface area contributed by atoms with Crippen LogP contribution in [-0.2, 0) is 0 Å². The zero-order valence-corrected chi connectivity index (χ0v) is 10.6. The molecule has 0 saturated heterocycles. The lowest BCUT2D eigenvalue weighted by Gasteiger charge is -2.07. The normalized spacial score (nSPS) is 11.0. The Morgan fingerprint density at radius 3 is 2.67 bits per heavy atom. The lowest BCUT2D eigenvalue weighted by Crippen LogP contribution is -2.22. The summed E-state index contributed by atoms with van der Waals surface area (Å²) in [5.41, 5.74) is 2.99. The molecule has 0 atom stereocenters. The van der Waals surface area contributed by atoms with E-state index >= 15 is 0 Å². The average Bonchev–Trinajstić information content (AvgIpc) is 2.87. The standard InChI is InChI=1S/C13H9F2N5O/c14-12(15)10-6-20(11-1-2-16-5-9(10)11)19-13(21)8-3-17-7-18-4-8/h1-7,12H,(H,19,21). The Kier molecular flexibility index (Phi) is 3.27. The Hall–Kier alpha value is -2.90. The summed E-state index contributed by atoms with van der Waals surface area (Å²) in [6.07, 6.45) is 5.29. The van der Waals surface area contributed by atoms with Crippen molar-refractivity contribution in [2.45, 2.75) is 6.43 Å². The molecule has 3 rings (SSSR count). The van der Waals surface area contributed by atoms with E-state index < -0.39 is 12.3 Å². The maximum absolute atomic E-state index is 13.0. The monoisotopic (exact) mass is 289 g/mol. The van der Waals surface area contributed by atoms with Crippen molar-refractivity contribution >= 4 is 16.8 Å². The zero-order valence-electron chi connectivity index (χ0n) is 10.6. The van der Waals surface area contributed by atoms with Crippen LogP contribution in [-0.4, -0.2) is 25.5 Å². The van der Waals surface area contributed by atoms with Crippen molar-refractivity contribution in [1.82, 2.24) is 19.6 Å². The molecule has 21 heavy (non-hydrogen) atoms. The van der Waals surface area contributed by atoms with E-state index in [-0.39, 0.29) is 16.5 Å². The summed E-state index contributed by atoms with van der Waals surface area (Å²) < 4.78 is 27.2. The third-order valence-electron chi connectivity index (χ3n) is 2.92. The summed E-state index contributed by atoms with van der Waals surface area (Å²) in [5.74, 6) is -0.495. The highest BCUT2D eigenvalue weighted by Gasteiger charge is 2.17. The van der Waals surface area contributed by atoms with Gasteiger partial charge in [0.2, 0.25) is 0 Å². The highest BCUT2D eigenvalue weighted by molar-refractivity contribution is 6.00. The predicted octanol–water partition coefficient (Wildman–Crippen LogP) is 2.15. The molecule has 0 aliphatic rings. The number of aromatic nitrogens is 4. The number of hydrogen-bond acceptors (Lipinski definition) is 4. The molecule has 0 fully saturated rings. The number of halogens is 2. The molecule has 6 nitrogen and oxygen atoms in total. The Balaban J connectivity index is 2.00. The van der Waals surface area contributed by atoms with E-state index in [0.717, 1.165) is 0 Å². The summed E-state index contributed by atoms with van der Waals surface area (Å²) in [6, 6.07) is 1.54. The van der Waals surface area contributed by atoms with Gasteiger partial charge in [-0.1, -0.05) is 0 Å². The van der Waals surface area contributed by atoms with Gasteiger partial charge in [-0.3, -0.25) is 19.9 Å². The summed E-state index contributed by atoms with van der Waals surface area (Å²) in [7, 11) is 0. The third-order valence-corrected chi connectivity index (χ3v) is 2.92. The Morgan fingerprint density at radius 1 is 1.19 bits per heavy atom. The molecular formula is C13H9F2N5O. The van der Waals surface area contributed by atoms with Gasteiger partial charge >= 0.3 is 0 Å². The number of amides is 1. The second-order valence-corrected chi connectivity index (χ2v) is 4.22. The summed E-state index contributed by atoms with van der Waals surface area (Å²) in [6.45, 7) is 0. The molecule has 3 aromatic heterocycles. The third kappa shape index (κ3) is 2.42. The van der Waals surface area contributed by atoms with Gasteiger partial charge < -0.3 is 0 Å². The lowest BCUT2D eigenvalue weighted by atomic mass is 10.2. The highest BCUT2D eigenvalue weighted by atomic mass is 19.3. The van der Waals surface area contributed by atoms with Crippen molar-refractivity contribution in [3.63, 3.8) is 0 Å². The molecule has 0 saturated carbocycles. The summed E-state index contributed by atoms with van der Waals surface area (Å²) >= 11 is 0. The van der Waals surface area contributed by atoms with Gasteiger partial charge in [0.25, 0.3) is 12.3 Å². The molecule has 3 heterocycles. The number of hydrogen-bond donors (Lipinski definition) is 1. The molecule has 1 amide bonds. The number of carbonyl (C=O) groups excluding carboxylic acids is 1. The number of nitrogens with one attached hydrogen (secondary N) is 1. The molecule has 1 N–H and O–H groups in total. The van der Waals surface area contributed by atoms with E-state index in [0.29, 0.717) is 5.52 Å². The Morgan fingerprint density at radius 2 is 1.95 bits per heavy atom. The van der Waals surface area contributed by atoms with Gasteiger partial charge in [-0.25, -0.2) is 18.7 Å². The molecule has 0 aromatic carbocycles. The molecule has 0 bridgehead atoms. The second kappa shape index (κ2) is 5.23. The largest absolute Gasteiger partial charge is 0.273 e. The maximum atomic E-state index is 13.0. The Labute approximate surface area is 117 Å². The van der Waals surface area contributed by atoms with Crippen molar-refractivity contribution < 1.29 is 13.6 Å². The van der Waals surface area contributed by atoms with Crippen LogP contribution in [0.4, 0.5) is 8.78 Å². The van der Waals surface area contributed by atoms with Crippen molar-refractivity contribution in [3.05, 3.63) is 54.5 Å². The van der Waals surface area contributed by atoms with E-state index in [1.54, 1.807) is 6.07 Å². The number of alkyl halides is 2. The minimum absolute atomic E-state index is 0.192. The van der Waals surface area contributed by atoms with E-state index in [2.05, 4.69) is 20.4 Å². The van der Waals surface area contributed by atoms with E-state index in [9.17, 15) is 13.6 Å². The molecule has 0 unspecified atom stereocenters. The fourth-order valence-corrected chi connectivity index (χ4v) is 1.95. The van der Waals surface area contributed by atoms with Gasteiger partial charge in [0.05, 0.1) is 11.1 Å². The first-order valence-electron chi connectivity index (χ1n) is 5.96. The minimum Gasteiger partial charge on any atom is -0.267 e. The summed E-state index contributed by atoms with van der Waals surface area (Å²) in [4.78, 5) is 23.3. The topological polar surface area (TPSA) is 72.7 Å². The van der Waals surface area contributed by atoms with E-state index in [1.807, 2.05) is 0 Å². The first kappa shape index (κ1) is 13.1. The van der Waals surface area contributed by atoms with Crippen molar-refractivity contribution in [1.29, 1.82) is 0 Å². The molecule has 0 radical (unpaired) electrons. The highest BCUT2D eigenvalue weighted by Crippen LogP contribution is 2.28. The van der Waals surface area contributed by atoms with Gasteiger partial charge in [-0.15, -0.1) is 0 Å². The number of nitrogens with zero attached hydrogens (tertiary/aromatic N) is 4. The number of carbonyl (C=O) groups is 1. The first-order chi connectivity index (χ1) is 10.2. The van der Waals surface area contributed by atoms with Gasteiger partial charge in [0.15, 0.2) is 0 Å². The molecule has 0 spiro atoms. The SMILES string of the molecule is O=C(Nn1cc(C(F)F)c2cnccc21)c1cncnc1. The molecule has 8 heteroatoms. The van der Waals surface area contributed by atoms with Crippen LogP contribution < -0.4 is 5.43 Å². The van der Waals surface area contributed by atoms with E-state index in [1.165, 1.54) is 42.0 Å². The molecule has 0 aliphatic heterocycles. The van der Waals surface area contributed by atoms with Gasteiger partial charge in [0, 0.05) is 41.9 Å². The van der Waals surface area contributed by atoms with Gasteiger partial charge in [-0.05, 0) is 6.07 Å². The van der Waals surface area contributed by atoms with Gasteiger partial charge in [0.1, 0.15) is 6.33 Å². The number of fused-ring (bicyclic) bond motifs is 1. The van der Waals surface area contributed by atoms with E-state index in [4.69, 9.17) is 0 Å². The van der Waals surface area contributed by atoms with Crippen LogP contribution in [0.15, 0.2) is 43.4 Å². The molecule has 106 valence electrons. The van der Waals surface area contributed by atoms with Crippen molar-refractivity contribution in [3.8, 4) is 0 Å². The quantitative estimate of drug-likeness (QED) is 0.801. The van der Waals surface area contributed by atoms with Crippen LogP contribution in [0.2, 0.25) is 0 Å². The van der Waals surface area contributed by atoms with Crippen LogP contribution in [0.1, 0.15) is 22.3 Å². The number of pyridine rings is 1. The zero-order chi connectivity index (χ0) is 14.8. The van der Waals surface area contributed by atoms with Crippen LogP contribution in [0, 0.1) is 0 Å². The Bertz CT molecular complexity index is 788. The van der Waals surface area contributed by atoms with Crippen molar-refractivity contribution in [2.75, 3.05) is 5.43 Å². The van der Waals surface area contributed by atoms with Crippen LogP contribution in [0.3, 0.4) is 0 Å². The first-order valence-corrected chi connectivity index (χ1v) is 5.96. The molecule has 0 aliphatic carbocycles. The molecule has 3 aromatic rings. The smallest absolute Gasteiger partial charge is 0.267 e. The average molecular weight is 289 g/mol. The molecular weight excluding hydrogens is 280 g/mol.